The maximum absolute atomic E-state index is 12.9. The Kier molecular flexibility index (Phi) is 5.49. The van der Waals surface area contributed by atoms with Gasteiger partial charge in [0.1, 0.15) is 0 Å². The van der Waals surface area contributed by atoms with E-state index in [2.05, 4.69) is 26.5 Å². The van der Waals surface area contributed by atoms with Gasteiger partial charge in [0, 0.05) is 18.7 Å². The normalized spacial score (nSPS) is 16.3. The molecule has 1 aliphatic heterocycles. The van der Waals surface area contributed by atoms with Crippen molar-refractivity contribution < 1.29 is 9.32 Å². The van der Waals surface area contributed by atoms with Crippen LogP contribution in [0.25, 0.3) is 23.0 Å². The molecular weight excluding hydrogens is 404 g/mol. The van der Waals surface area contributed by atoms with Crippen molar-refractivity contribution in [3.8, 4) is 23.0 Å². The van der Waals surface area contributed by atoms with Gasteiger partial charge in [-0.2, -0.15) is 4.98 Å². The highest BCUT2D eigenvalue weighted by Crippen LogP contribution is 2.25. The number of rotatable bonds is 5. The van der Waals surface area contributed by atoms with Gasteiger partial charge < -0.3 is 9.42 Å². The second kappa shape index (κ2) is 8.74. The van der Waals surface area contributed by atoms with E-state index in [9.17, 15) is 4.79 Å². The minimum atomic E-state index is 0.0722. The number of aromatic nitrogens is 5. The first kappa shape index (κ1) is 20.1. The van der Waals surface area contributed by atoms with Crippen LogP contribution in [-0.4, -0.2) is 49.0 Å². The molecule has 5 rings (SSSR count). The number of likely N-dealkylation sites (tertiary alicyclic amines) is 1. The minimum Gasteiger partial charge on any atom is -0.340 e. The number of nitrogens with zero attached hydrogens (tertiary/aromatic N) is 6. The van der Waals surface area contributed by atoms with Gasteiger partial charge in [-0.1, -0.05) is 70.5 Å². The number of aryl methyl sites for hydroxylation is 1. The zero-order chi connectivity index (χ0) is 21.9. The van der Waals surface area contributed by atoms with E-state index in [1.807, 2.05) is 71.2 Å². The highest BCUT2D eigenvalue weighted by molar-refractivity contribution is 5.79. The van der Waals surface area contributed by atoms with Crippen molar-refractivity contribution in [1.82, 2.24) is 30.0 Å². The molecule has 0 aliphatic carbocycles. The summed E-state index contributed by atoms with van der Waals surface area (Å²) < 4.78 is 7.21. The third kappa shape index (κ3) is 4.30. The first-order valence-electron chi connectivity index (χ1n) is 10.8. The van der Waals surface area contributed by atoms with Crippen LogP contribution in [0.2, 0.25) is 0 Å². The highest BCUT2D eigenvalue weighted by Gasteiger charge is 2.26. The Labute approximate surface area is 185 Å². The van der Waals surface area contributed by atoms with E-state index in [-0.39, 0.29) is 11.9 Å². The van der Waals surface area contributed by atoms with Crippen molar-refractivity contribution in [3.63, 3.8) is 0 Å². The Morgan fingerprint density at radius 2 is 2.03 bits per heavy atom. The third-order valence-electron chi connectivity index (χ3n) is 5.75. The van der Waals surface area contributed by atoms with E-state index in [0.29, 0.717) is 30.4 Å². The van der Waals surface area contributed by atoms with Crippen LogP contribution >= 0.6 is 0 Å². The topological polar surface area (TPSA) is 89.9 Å². The highest BCUT2D eigenvalue weighted by atomic mass is 16.5. The van der Waals surface area contributed by atoms with E-state index >= 15 is 0 Å². The second-order valence-corrected chi connectivity index (χ2v) is 8.17. The number of carbonyl (C=O) groups is 1. The molecule has 1 atom stereocenters. The Bertz CT molecular complexity index is 1220. The Morgan fingerprint density at radius 1 is 1.16 bits per heavy atom. The Morgan fingerprint density at radius 3 is 2.88 bits per heavy atom. The van der Waals surface area contributed by atoms with E-state index < -0.39 is 0 Å². The van der Waals surface area contributed by atoms with Crippen molar-refractivity contribution in [2.24, 2.45) is 0 Å². The summed E-state index contributed by atoms with van der Waals surface area (Å²) in [5.41, 5.74) is 3.62. The molecule has 3 heterocycles. The van der Waals surface area contributed by atoms with E-state index in [4.69, 9.17) is 4.52 Å². The van der Waals surface area contributed by atoms with Gasteiger partial charge >= 0.3 is 0 Å². The van der Waals surface area contributed by atoms with Gasteiger partial charge in [0.15, 0.2) is 5.69 Å². The molecule has 0 spiro atoms. The fourth-order valence-electron chi connectivity index (χ4n) is 4.09. The zero-order valence-electron chi connectivity index (χ0n) is 17.9. The lowest BCUT2D eigenvalue weighted by atomic mass is 10.0. The van der Waals surface area contributed by atoms with Gasteiger partial charge in [0.2, 0.25) is 11.7 Å². The molecule has 162 valence electrons. The fourth-order valence-corrected chi connectivity index (χ4v) is 4.09. The van der Waals surface area contributed by atoms with Gasteiger partial charge in [-0.05, 0) is 25.3 Å². The molecule has 1 fully saturated rings. The van der Waals surface area contributed by atoms with Crippen molar-refractivity contribution in [1.29, 1.82) is 0 Å². The summed E-state index contributed by atoms with van der Waals surface area (Å²) in [5.74, 6) is 0.990. The number of piperidine rings is 1. The number of amides is 1. The third-order valence-corrected chi connectivity index (χ3v) is 5.75. The van der Waals surface area contributed by atoms with Crippen LogP contribution in [0.1, 0.15) is 30.0 Å². The molecule has 0 radical (unpaired) electrons. The number of benzene rings is 2. The zero-order valence-corrected chi connectivity index (χ0v) is 17.9. The summed E-state index contributed by atoms with van der Waals surface area (Å²) in [4.78, 5) is 19.2. The molecule has 1 amide bonds. The van der Waals surface area contributed by atoms with Gasteiger partial charge in [-0.15, -0.1) is 5.10 Å². The lowest BCUT2D eigenvalue weighted by Gasteiger charge is -2.32. The lowest BCUT2D eigenvalue weighted by molar-refractivity contribution is -0.132. The number of hydrogen-bond acceptors (Lipinski definition) is 6. The standard InChI is InChI=1S/C24H24N6O2/c1-17-7-5-8-18(13-17)14-22(31)29-12-6-11-20(15-29)30-16-21(26-28-30)24-25-23(27-32-24)19-9-3-2-4-10-19/h2-5,7-10,13,16,20H,6,11-12,14-15H2,1H3. The molecule has 0 bridgehead atoms. The molecule has 8 heteroatoms. The van der Waals surface area contributed by atoms with Crippen LogP contribution in [0.3, 0.4) is 0 Å². The summed E-state index contributed by atoms with van der Waals surface area (Å²) >= 11 is 0. The quantitative estimate of drug-likeness (QED) is 0.481. The summed E-state index contributed by atoms with van der Waals surface area (Å²) in [6.45, 7) is 3.43. The average Bonchev–Trinajstić information content (AvgIpc) is 3.50. The maximum atomic E-state index is 12.9. The molecule has 2 aromatic heterocycles. The second-order valence-electron chi connectivity index (χ2n) is 8.17. The molecule has 2 aromatic carbocycles. The lowest BCUT2D eigenvalue weighted by Crippen LogP contribution is -2.41. The first-order valence-corrected chi connectivity index (χ1v) is 10.8. The van der Waals surface area contributed by atoms with Crippen molar-refractivity contribution >= 4 is 5.91 Å². The first-order chi connectivity index (χ1) is 15.7. The average molecular weight is 428 g/mol. The predicted molar refractivity (Wildman–Crippen MR) is 118 cm³/mol. The number of hydrogen-bond donors (Lipinski definition) is 0. The van der Waals surface area contributed by atoms with E-state index in [0.717, 1.165) is 30.5 Å². The molecule has 0 saturated carbocycles. The van der Waals surface area contributed by atoms with Crippen LogP contribution < -0.4 is 0 Å². The maximum Gasteiger partial charge on any atom is 0.280 e. The van der Waals surface area contributed by atoms with E-state index in [1.165, 1.54) is 5.56 Å². The van der Waals surface area contributed by atoms with Crippen molar-refractivity contribution in [2.45, 2.75) is 32.2 Å². The van der Waals surface area contributed by atoms with Crippen LogP contribution in [-0.2, 0) is 11.2 Å². The summed E-state index contributed by atoms with van der Waals surface area (Å²) in [5, 5.41) is 12.6. The van der Waals surface area contributed by atoms with Crippen molar-refractivity contribution in [3.05, 3.63) is 71.9 Å². The smallest absolute Gasteiger partial charge is 0.280 e. The Hall–Kier alpha value is -3.81. The fraction of sp³-hybridized carbons (Fsp3) is 0.292. The summed E-state index contributed by atoms with van der Waals surface area (Å²) in [7, 11) is 0. The van der Waals surface area contributed by atoms with Gasteiger partial charge in [-0.3, -0.25) is 4.79 Å². The Balaban J connectivity index is 1.27. The molecule has 8 nitrogen and oxygen atoms in total. The van der Waals surface area contributed by atoms with Gasteiger partial charge in [-0.25, -0.2) is 4.68 Å². The van der Waals surface area contributed by atoms with Crippen LogP contribution in [0, 0.1) is 6.92 Å². The molecular formula is C24H24N6O2. The summed E-state index contributed by atoms with van der Waals surface area (Å²) in [6.07, 6.45) is 4.11. The monoisotopic (exact) mass is 428 g/mol. The SMILES string of the molecule is Cc1cccc(CC(=O)N2CCCC(n3cc(-c4nc(-c5ccccc5)no4)nn3)C2)c1. The summed E-state index contributed by atoms with van der Waals surface area (Å²) in [6, 6.07) is 17.8. The van der Waals surface area contributed by atoms with Crippen LogP contribution in [0.4, 0.5) is 0 Å². The predicted octanol–water partition coefficient (Wildman–Crippen LogP) is 3.71. The van der Waals surface area contributed by atoms with E-state index in [1.54, 1.807) is 0 Å². The molecule has 1 saturated heterocycles. The minimum absolute atomic E-state index is 0.0722. The molecule has 1 aliphatic rings. The molecule has 32 heavy (non-hydrogen) atoms. The molecule has 1 unspecified atom stereocenters. The largest absolute Gasteiger partial charge is 0.340 e. The molecule has 0 N–H and O–H groups in total. The van der Waals surface area contributed by atoms with Crippen LogP contribution in [0.15, 0.2) is 65.3 Å². The molecule has 4 aromatic rings. The van der Waals surface area contributed by atoms with Gasteiger partial charge in [0.25, 0.3) is 5.89 Å². The van der Waals surface area contributed by atoms with Crippen molar-refractivity contribution in [2.75, 3.05) is 13.1 Å². The van der Waals surface area contributed by atoms with Crippen LogP contribution in [0.5, 0.6) is 0 Å². The number of carbonyl (C=O) groups excluding carboxylic acids is 1. The van der Waals surface area contributed by atoms with Gasteiger partial charge in [0.05, 0.1) is 18.7 Å².